The molecule has 0 bridgehead atoms. The Morgan fingerprint density at radius 3 is 2.37 bits per heavy atom. The van der Waals surface area contributed by atoms with Crippen molar-refractivity contribution in [3.8, 4) is 0 Å². The van der Waals surface area contributed by atoms with Gasteiger partial charge in [0.15, 0.2) is 0 Å². The monoisotopic (exact) mass is 729 g/mol. The van der Waals surface area contributed by atoms with Crippen LogP contribution in [0.3, 0.4) is 0 Å². The van der Waals surface area contributed by atoms with E-state index in [1.165, 1.54) is 31.4 Å². The minimum absolute atomic E-state index is 0.0153. The summed E-state index contributed by atoms with van der Waals surface area (Å²) in [6, 6.07) is 6.47. The molecule has 4 rings (SSSR count). The summed E-state index contributed by atoms with van der Waals surface area (Å²) in [5, 5.41) is 3.02. The number of allylic oxidation sites excluding steroid dienone is 2. The second-order valence-electron chi connectivity index (χ2n) is 14.5. The lowest BCUT2D eigenvalue weighted by molar-refractivity contribution is -0.143. The summed E-state index contributed by atoms with van der Waals surface area (Å²) >= 11 is 0. The Morgan fingerprint density at radius 2 is 1.75 bits per heavy atom. The number of carbonyl (C=O) groups is 3. The third-order valence-corrected chi connectivity index (χ3v) is 11.5. The first-order valence-corrected chi connectivity index (χ1v) is 19.1. The van der Waals surface area contributed by atoms with Crippen molar-refractivity contribution in [3.63, 3.8) is 0 Å². The maximum Gasteiger partial charge on any atom is 0.303 e. The summed E-state index contributed by atoms with van der Waals surface area (Å²) in [5.41, 5.74) is 1.67. The molecule has 1 spiro atoms. The Morgan fingerprint density at radius 1 is 1.06 bits per heavy atom. The van der Waals surface area contributed by atoms with Crippen molar-refractivity contribution in [3.05, 3.63) is 65.8 Å². The van der Waals surface area contributed by atoms with Crippen molar-refractivity contribution in [1.29, 1.82) is 0 Å². The first kappa shape index (κ1) is 40.4. The molecule has 3 heterocycles. The third-order valence-electron chi connectivity index (χ3n) is 9.70. The molecule has 1 unspecified atom stereocenters. The molecule has 0 saturated carbocycles. The quantitative estimate of drug-likeness (QED) is 0.128. The summed E-state index contributed by atoms with van der Waals surface area (Å²) in [4.78, 5) is 38.6. The molecule has 1 aromatic carbocycles. The first-order chi connectivity index (χ1) is 24.0. The van der Waals surface area contributed by atoms with Gasteiger partial charge in [-0.3, -0.25) is 14.4 Å². The number of hydrogen-bond donors (Lipinski definition) is 1. The SMILES string of the molecule is CC(=O)O[C@@H](C)/C=C\C(=O)N[C@@H]1C[C@H](C)[C@H](C/C=C(C)/C=C/[C@@H]2CC3(CO3)C[C@@H](CC(=O)N(C)Cc3ccc(S(=O)(=O)N(C)C)cc3)O2)O[C@@H]1C. The van der Waals surface area contributed by atoms with Crippen molar-refractivity contribution in [2.24, 2.45) is 5.92 Å². The fraction of sp³-hybridized carbons (Fsp3) is 0.605. The van der Waals surface area contributed by atoms with Gasteiger partial charge in [-0.1, -0.05) is 42.9 Å². The van der Waals surface area contributed by atoms with Gasteiger partial charge in [-0.15, -0.1) is 0 Å². The zero-order chi connectivity index (χ0) is 37.5. The Kier molecular flexibility index (Phi) is 13.8. The van der Waals surface area contributed by atoms with E-state index in [1.807, 2.05) is 19.9 Å². The van der Waals surface area contributed by atoms with Gasteiger partial charge in [-0.25, -0.2) is 12.7 Å². The second kappa shape index (κ2) is 17.4. The van der Waals surface area contributed by atoms with Crippen LogP contribution < -0.4 is 5.32 Å². The van der Waals surface area contributed by atoms with E-state index in [0.29, 0.717) is 19.6 Å². The molecule has 3 fully saturated rings. The van der Waals surface area contributed by atoms with Crippen LogP contribution in [0, 0.1) is 5.92 Å². The van der Waals surface area contributed by atoms with Gasteiger partial charge in [0, 0.05) is 53.5 Å². The van der Waals surface area contributed by atoms with Crippen LogP contribution in [0.2, 0.25) is 0 Å². The summed E-state index contributed by atoms with van der Waals surface area (Å²) < 4.78 is 49.5. The number of benzene rings is 1. The predicted octanol–water partition coefficient (Wildman–Crippen LogP) is 4.30. The number of esters is 1. The molecular formula is C38H55N3O9S. The number of hydrogen-bond acceptors (Lipinski definition) is 9. The summed E-state index contributed by atoms with van der Waals surface area (Å²) in [6.45, 7) is 10.2. The van der Waals surface area contributed by atoms with Crippen LogP contribution in [0.4, 0.5) is 0 Å². The maximum atomic E-state index is 13.2. The van der Waals surface area contributed by atoms with Gasteiger partial charge >= 0.3 is 5.97 Å². The molecular weight excluding hydrogens is 674 g/mol. The van der Waals surface area contributed by atoms with E-state index in [-0.39, 0.29) is 65.1 Å². The molecule has 3 saturated heterocycles. The molecule has 51 heavy (non-hydrogen) atoms. The molecule has 12 nitrogen and oxygen atoms in total. The Hall–Kier alpha value is -3.36. The minimum atomic E-state index is -3.52. The third kappa shape index (κ3) is 11.8. The largest absolute Gasteiger partial charge is 0.459 e. The van der Waals surface area contributed by atoms with Crippen LogP contribution in [0.5, 0.6) is 0 Å². The van der Waals surface area contributed by atoms with Crippen LogP contribution in [-0.4, -0.2) is 105 Å². The van der Waals surface area contributed by atoms with E-state index >= 15 is 0 Å². The van der Waals surface area contributed by atoms with Crippen molar-refractivity contribution in [1.82, 2.24) is 14.5 Å². The summed E-state index contributed by atoms with van der Waals surface area (Å²) in [6.07, 6.45) is 11.3. The number of epoxide rings is 1. The molecule has 0 aliphatic carbocycles. The molecule has 0 radical (unpaired) electrons. The Balaban J connectivity index is 1.25. The normalized spacial score (nSPS) is 29.0. The van der Waals surface area contributed by atoms with Gasteiger partial charge in [0.05, 0.1) is 54.0 Å². The van der Waals surface area contributed by atoms with Gasteiger partial charge in [-0.05, 0) is 63.3 Å². The molecule has 1 aromatic rings. The Labute approximate surface area is 303 Å². The number of sulfonamides is 1. The van der Waals surface area contributed by atoms with Crippen LogP contribution in [-0.2, 0) is 49.9 Å². The number of nitrogens with zero attached hydrogens (tertiary/aromatic N) is 2. The van der Waals surface area contributed by atoms with Gasteiger partial charge in [0.1, 0.15) is 6.10 Å². The highest BCUT2D eigenvalue weighted by molar-refractivity contribution is 7.89. The molecule has 3 aliphatic rings. The standard InChI is InChI=1S/C38H55N3O9S/c1-25(10-17-35-26(2)19-34(28(4)49-35)39-36(43)18-11-27(3)48-29(5)42)9-14-31-21-38(24-47-38)22-32(50-31)20-37(44)41(8)23-30-12-15-33(16-13-30)51(45,46)40(6)7/h9-16,18,26-28,31-32,34-35H,17,19-24H2,1-8H3,(H,39,43)/b14-9+,18-11-,25-10+/t26-,27-,28+,31+,32+,34+,35-,38?/m0/s1. The lowest BCUT2D eigenvalue weighted by Crippen LogP contribution is -2.50. The van der Waals surface area contributed by atoms with Gasteiger partial charge in [0.25, 0.3) is 0 Å². The van der Waals surface area contributed by atoms with Crippen LogP contribution in [0.25, 0.3) is 0 Å². The molecule has 8 atom stereocenters. The zero-order valence-electron chi connectivity index (χ0n) is 31.2. The van der Waals surface area contributed by atoms with Crippen LogP contribution in [0.1, 0.15) is 72.3 Å². The topological polar surface area (TPSA) is 144 Å². The van der Waals surface area contributed by atoms with Gasteiger partial charge in [-0.2, -0.15) is 0 Å². The molecule has 282 valence electrons. The minimum Gasteiger partial charge on any atom is -0.459 e. The van der Waals surface area contributed by atoms with Crippen LogP contribution >= 0.6 is 0 Å². The van der Waals surface area contributed by atoms with E-state index in [1.54, 1.807) is 49.2 Å². The highest BCUT2D eigenvalue weighted by Crippen LogP contribution is 2.43. The second-order valence-corrected chi connectivity index (χ2v) is 16.6. The van der Waals surface area contributed by atoms with E-state index in [0.717, 1.165) is 30.4 Å². The summed E-state index contributed by atoms with van der Waals surface area (Å²) in [5.74, 6) is -0.464. The number of rotatable bonds is 14. The van der Waals surface area contributed by atoms with Crippen molar-refractivity contribution in [2.45, 2.75) is 120 Å². The number of amides is 2. The number of carbonyl (C=O) groups excluding carboxylic acids is 3. The van der Waals surface area contributed by atoms with Crippen molar-refractivity contribution < 1.29 is 41.7 Å². The van der Waals surface area contributed by atoms with Gasteiger partial charge in [0.2, 0.25) is 21.8 Å². The smallest absolute Gasteiger partial charge is 0.303 e. The fourth-order valence-electron chi connectivity index (χ4n) is 6.57. The highest BCUT2D eigenvalue weighted by atomic mass is 32.2. The van der Waals surface area contributed by atoms with E-state index < -0.39 is 22.1 Å². The van der Waals surface area contributed by atoms with E-state index in [4.69, 9.17) is 18.9 Å². The number of nitrogens with one attached hydrogen (secondary N) is 1. The molecule has 2 amide bonds. The molecule has 1 N–H and O–H groups in total. The first-order valence-electron chi connectivity index (χ1n) is 17.7. The summed E-state index contributed by atoms with van der Waals surface area (Å²) in [7, 11) is 1.21. The zero-order valence-corrected chi connectivity index (χ0v) is 32.0. The molecule has 0 aromatic heterocycles. The van der Waals surface area contributed by atoms with E-state index in [2.05, 4.69) is 24.4 Å². The Bertz CT molecular complexity index is 1580. The average Bonchev–Trinajstić information content (AvgIpc) is 3.80. The van der Waals surface area contributed by atoms with Crippen molar-refractivity contribution in [2.75, 3.05) is 27.7 Å². The molecule has 13 heteroatoms. The lowest BCUT2D eigenvalue weighted by atomic mass is 9.88. The van der Waals surface area contributed by atoms with Crippen molar-refractivity contribution >= 4 is 27.8 Å². The maximum absolute atomic E-state index is 13.2. The van der Waals surface area contributed by atoms with E-state index in [9.17, 15) is 22.8 Å². The van der Waals surface area contributed by atoms with Crippen LogP contribution in [0.15, 0.2) is 65.1 Å². The average molecular weight is 730 g/mol. The predicted molar refractivity (Wildman–Crippen MR) is 193 cm³/mol. The molecule has 3 aliphatic heterocycles. The van der Waals surface area contributed by atoms with Gasteiger partial charge < -0.3 is 29.2 Å². The fourth-order valence-corrected chi connectivity index (χ4v) is 7.47. The lowest BCUT2D eigenvalue weighted by Gasteiger charge is -2.39. The number of ether oxygens (including phenoxy) is 4. The highest BCUT2D eigenvalue weighted by Gasteiger charge is 2.51.